The van der Waals surface area contributed by atoms with Crippen LogP contribution in [0, 0.1) is 0 Å². The van der Waals surface area contributed by atoms with Gasteiger partial charge in [-0.3, -0.25) is 4.79 Å². The Bertz CT molecular complexity index is 774. The molecule has 0 bridgehead atoms. The lowest BCUT2D eigenvalue weighted by atomic mass is 10.2. The van der Waals surface area contributed by atoms with Crippen molar-refractivity contribution in [3.63, 3.8) is 0 Å². The Balaban J connectivity index is 1.63. The summed E-state index contributed by atoms with van der Waals surface area (Å²) in [6, 6.07) is 15.1. The van der Waals surface area contributed by atoms with Crippen molar-refractivity contribution in [2.24, 2.45) is 4.99 Å². The third-order valence-corrected chi connectivity index (χ3v) is 3.64. The number of amides is 1. The van der Waals surface area contributed by atoms with E-state index in [4.69, 9.17) is 9.47 Å². The fourth-order valence-electron chi connectivity index (χ4n) is 2.59. The minimum absolute atomic E-state index is 0.0832. The van der Waals surface area contributed by atoms with Crippen LogP contribution in [0.15, 0.2) is 53.5 Å². The first kappa shape index (κ1) is 13.6. The van der Waals surface area contributed by atoms with Gasteiger partial charge in [0, 0.05) is 11.8 Å². The Morgan fingerprint density at radius 3 is 2.61 bits per heavy atom. The van der Waals surface area contributed by atoms with Gasteiger partial charge in [-0.25, -0.2) is 9.89 Å². The molecule has 2 aromatic rings. The second-order valence-corrected chi connectivity index (χ2v) is 5.19. The molecule has 0 fully saturated rings. The first-order valence-corrected chi connectivity index (χ1v) is 7.40. The predicted octanol–water partition coefficient (Wildman–Crippen LogP) is 2.27. The smallest absolute Gasteiger partial charge is 0.255 e. The highest BCUT2D eigenvalue weighted by Gasteiger charge is 2.28. The molecule has 4 rings (SSSR count). The number of anilines is 2. The molecule has 2 heterocycles. The zero-order chi connectivity index (χ0) is 15.6. The first-order chi connectivity index (χ1) is 11.3. The normalized spacial score (nSPS) is 16.3. The zero-order valence-corrected chi connectivity index (χ0v) is 12.4. The summed E-state index contributed by atoms with van der Waals surface area (Å²) < 4.78 is 11.1. The summed E-state index contributed by atoms with van der Waals surface area (Å²) >= 11 is 0. The average molecular weight is 309 g/mol. The summed E-state index contributed by atoms with van der Waals surface area (Å²) in [5.41, 5.74) is 1.59. The lowest BCUT2D eigenvalue weighted by Gasteiger charge is -2.23. The van der Waals surface area contributed by atoms with Crippen molar-refractivity contribution in [2.75, 3.05) is 30.0 Å². The third kappa shape index (κ3) is 2.59. The number of aliphatic imine (C=N–C) groups is 1. The molecule has 0 aliphatic carbocycles. The van der Waals surface area contributed by atoms with Gasteiger partial charge in [0.25, 0.3) is 5.91 Å². The van der Waals surface area contributed by atoms with Crippen molar-refractivity contribution < 1.29 is 14.3 Å². The lowest BCUT2D eigenvalue weighted by Crippen LogP contribution is -2.37. The van der Waals surface area contributed by atoms with Crippen molar-refractivity contribution >= 4 is 23.2 Å². The fourth-order valence-corrected chi connectivity index (χ4v) is 2.59. The van der Waals surface area contributed by atoms with Crippen LogP contribution in [0.2, 0.25) is 0 Å². The third-order valence-electron chi connectivity index (χ3n) is 3.64. The largest absolute Gasteiger partial charge is 0.486 e. The zero-order valence-electron chi connectivity index (χ0n) is 12.4. The van der Waals surface area contributed by atoms with Crippen LogP contribution in [-0.2, 0) is 4.79 Å². The highest BCUT2D eigenvalue weighted by atomic mass is 16.6. The summed E-state index contributed by atoms with van der Waals surface area (Å²) in [5.74, 6) is 1.77. The molecule has 6 heteroatoms. The number of hydrogen-bond acceptors (Lipinski definition) is 5. The number of fused-ring (bicyclic) bond motifs is 1. The molecule has 1 N–H and O–H groups in total. The van der Waals surface area contributed by atoms with Crippen molar-refractivity contribution in [2.45, 2.75) is 0 Å². The van der Waals surface area contributed by atoms with E-state index in [0.717, 1.165) is 5.69 Å². The standard InChI is InChI=1S/C17H15N3O3/c21-16-11-18-17(19-12-4-2-1-3-5-12)20(16)13-6-7-14-15(10-13)23-9-8-22-14/h1-7,10H,8-9,11H2,(H,18,19). The van der Waals surface area contributed by atoms with Crippen LogP contribution in [0.3, 0.4) is 0 Å². The van der Waals surface area contributed by atoms with Crippen molar-refractivity contribution in [3.05, 3.63) is 48.5 Å². The molecule has 2 aliphatic heterocycles. The van der Waals surface area contributed by atoms with Gasteiger partial charge in [-0.05, 0) is 24.3 Å². The van der Waals surface area contributed by atoms with E-state index in [1.165, 1.54) is 0 Å². The highest BCUT2D eigenvalue weighted by molar-refractivity contribution is 6.24. The van der Waals surface area contributed by atoms with Gasteiger partial charge in [-0.2, -0.15) is 0 Å². The van der Waals surface area contributed by atoms with Crippen LogP contribution in [0.1, 0.15) is 0 Å². The Labute approximate surface area is 133 Å². The van der Waals surface area contributed by atoms with Crippen molar-refractivity contribution in [3.8, 4) is 11.5 Å². The SMILES string of the molecule is O=C1CN=C(Nc2ccccc2)N1c1ccc2c(c1)OCCO2. The van der Waals surface area contributed by atoms with Crippen LogP contribution in [0.25, 0.3) is 0 Å². The van der Waals surface area contributed by atoms with Crippen LogP contribution < -0.4 is 19.7 Å². The molecule has 0 saturated heterocycles. The van der Waals surface area contributed by atoms with Crippen LogP contribution in [-0.4, -0.2) is 31.6 Å². The number of para-hydroxylation sites is 1. The van der Waals surface area contributed by atoms with Gasteiger partial charge < -0.3 is 14.8 Å². The first-order valence-electron chi connectivity index (χ1n) is 7.40. The van der Waals surface area contributed by atoms with E-state index >= 15 is 0 Å². The topological polar surface area (TPSA) is 63.2 Å². The van der Waals surface area contributed by atoms with Gasteiger partial charge in [0.2, 0.25) is 5.96 Å². The number of carbonyl (C=O) groups excluding carboxylic acids is 1. The highest BCUT2D eigenvalue weighted by Crippen LogP contribution is 2.34. The Hall–Kier alpha value is -3.02. The maximum Gasteiger partial charge on any atom is 0.255 e. The quantitative estimate of drug-likeness (QED) is 0.924. The molecular formula is C17H15N3O3. The Morgan fingerprint density at radius 2 is 1.78 bits per heavy atom. The minimum Gasteiger partial charge on any atom is -0.486 e. The number of ether oxygens (including phenoxy) is 2. The minimum atomic E-state index is -0.0832. The van der Waals surface area contributed by atoms with E-state index in [9.17, 15) is 4.79 Å². The number of nitrogens with one attached hydrogen (secondary N) is 1. The molecule has 0 spiro atoms. The van der Waals surface area contributed by atoms with Gasteiger partial charge >= 0.3 is 0 Å². The maximum atomic E-state index is 12.2. The van der Waals surface area contributed by atoms with Crippen LogP contribution >= 0.6 is 0 Å². The second-order valence-electron chi connectivity index (χ2n) is 5.19. The number of nitrogens with zero attached hydrogens (tertiary/aromatic N) is 2. The number of guanidine groups is 1. The summed E-state index contributed by atoms with van der Waals surface area (Å²) in [5, 5.41) is 3.18. The van der Waals surface area contributed by atoms with Crippen LogP contribution in [0.5, 0.6) is 11.5 Å². The van der Waals surface area contributed by atoms with E-state index < -0.39 is 0 Å². The van der Waals surface area contributed by atoms with Crippen molar-refractivity contribution in [1.82, 2.24) is 0 Å². The molecule has 0 unspecified atom stereocenters. The molecule has 2 aromatic carbocycles. The molecule has 23 heavy (non-hydrogen) atoms. The molecule has 2 aliphatic rings. The lowest BCUT2D eigenvalue weighted by molar-refractivity contribution is -0.115. The average Bonchev–Trinajstić information content (AvgIpc) is 2.96. The van der Waals surface area contributed by atoms with Gasteiger partial charge in [0.1, 0.15) is 19.8 Å². The predicted molar refractivity (Wildman–Crippen MR) is 87.3 cm³/mol. The molecule has 6 nitrogen and oxygen atoms in total. The molecule has 0 saturated carbocycles. The monoisotopic (exact) mass is 309 g/mol. The summed E-state index contributed by atoms with van der Waals surface area (Å²) in [6.07, 6.45) is 0. The number of rotatable bonds is 2. The number of hydrogen-bond donors (Lipinski definition) is 1. The number of carbonyl (C=O) groups is 1. The molecule has 0 atom stereocenters. The molecule has 116 valence electrons. The maximum absolute atomic E-state index is 12.2. The Morgan fingerprint density at radius 1 is 1.00 bits per heavy atom. The molecular weight excluding hydrogens is 294 g/mol. The Kier molecular flexibility index (Phi) is 3.34. The summed E-state index contributed by atoms with van der Waals surface area (Å²) in [6.45, 7) is 1.18. The van der Waals surface area contributed by atoms with Crippen LogP contribution in [0.4, 0.5) is 11.4 Å². The van der Waals surface area contributed by atoms with Gasteiger partial charge in [-0.15, -0.1) is 0 Å². The van der Waals surface area contributed by atoms with Crippen molar-refractivity contribution in [1.29, 1.82) is 0 Å². The number of benzene rings is 2. The van der Waals surface area contributed by atoms with E-state index in [1.807, 2.05) is 42.5 Å². The van der Waals surface area contributed by atoms with E-state index in [0.29, 0.717) is 36.4 Å². The van der Waals surface area contributed by atoms with E-state index in [1.54, 1.807) is 11.0 Å². The summed E-state index contributed by atoms with van der Waals surface area (Å²) in [4.78, 5) is 18.1. The van der Waals surface area contributed by atoms with Gasteiger partial charge in [-0.1, -0.05) is 18.2 Å². The summed E-state index contributed by atoms with van der Waals surface area (Å²) in [7, 11) is 0. The molecule has 1 amide bonds. The van der Waals surface area contributed by atoms with E-state index in [-0.39, 0.29) is 12.5 Å². The fraction of sp³-hybridized carbons (Fsp3) is 0.176. The van der Waals surface area contributed by atoms with Gasteiger partial charge in [0.15, 0.2) is 11.5 Å². The molecule has 0 radical (unpaired) electrons. The van der Waals surface area contributed by atoms with Gasteiger partial charge in [0.05, 0.1) is 5.69 Å². The second kappa shape index (κ2) is 5.64. The molecule has 0 aromatic heterocycles. The van der Waals surface area contributed by atoms with E-state index in [2.05, 4.69) is 10.3 Å².